The van der Waals surface area contributed by atoms with E-state index < -0.39 is 17.7 Å². The molecule has 0 aromatic heterocycles. The molecule has 5 nitrogen and oxygen atoms in total. The quantitative estimate of drug-likeness (QED) is 0.824. The third kappa shape index (κ3) is 2.93. The summed E-state index contributed by atoms with van der Waals surface area (Å²) in [5, 5.41) is 20.6. The van der Waals surface area contributed by atoms with Gasteiger partial charge in [0.25, 0.3) is 0 Å². The number of aliphatic hydroxyl groups is 2. The molecular weight excluding hydrogens is 256 g/mol. The Morgan fingerprint density at radius 1 is 1.15 bits per heavy atom. The summed E-state index contributed by atoms with van der Waals surface area (Å²) in [6.07, 6.45) is -0.755. The van der Waals surface area contributed by atoms with Crippen molar-refractivity contribution >= 4 is 6.03 Å². The second kappa shape index (κ2) is 5.90. The molecule has 1 aliphatic rings. The largest absolute Gasteiger partial charge is 0.390 e. The Kier molecular flexibility index (Phi) is 5.08. The minimum atomic E-state index is -0.783. The van der Waals surface area contributed by atoms with Crippen LogP contribution in [0.4, 0.5) is 4.79 Å². The topological polar surface area (TPSA) is 64.0 Å². The molecule has 0 radical (unpaired) electrons. The van der Waals surface area contributed by atoms with Gasteiger partial charge in [-0.3, -0.25) is 0 Å². The minimum absolute atomic E-state index is 0.0807. The molecular formula is C15H30N2O3. The molecule has 5 heteroatoms. The van der Waals surface area contributed by atoms with E-state index in [0.29, 0.717) is 5.92 Å². The zero-order valence-electron chi connectivity index (χ0n) is 13.8. The molecule has 0 bridgehead atoms. The number of urea groups is 1. The monoisotopic (exact) mass is 286 g/mol. The SMILES string of the molecule is CC(C)[C@@H]1C[C@H](C(C)(C)N(C)C(=O)N(C)C)[C@@H](O)[C@H]1O. The third-order valence-corrected chi connectivity index (χ3v) is 5.02. The standard InChI is InChI=1S/C15H30N2O3/c1-9(2)10-8-11(13(19)12(10)18)15(3,4)17(7)14(20)16(5)6/h9-13,18-19H,8H2,1-7H3/t10-,11-,12-,13+/m0/s1. The maximum Gasteiger partial charge on any atom is 0.319 e. The molecule has 0 spiro atoms. The van der Waals surface area contributed by atoms with Gasteiger partial charge in [-0.1, -0.05) is 13.8 Å². The van der Waals surface area contributed by atoms with Gasteiger partial charge in [-0.25, -0.2) is 4.79 Å². The Balaban J connectivity index is 2.95. The molecule has 2 amide bonds. The van der Waals surface area contributed by atoms with Crippen molar-refractivity contribution < 1.29 is 15.0 Å². The van der Waals surface area contributed by atoms with E-state index in [1.807, 2.05) is 13.8 Å². The molecule has 0 unspecified atom stereocenters. The molecule has 1 aliphatic carbocycles. The minimum Gasteiger partial charge on any atom is -0.390 e. The maximum absolute atomic E-state index is 12.2. The van der Waals surface area contributed by atoms with Gasteiger partial charge in [0.1, 0.15) is 0 Å². The molecule has 0 heterocycles. The van der Waals surface area contributed by atoms with Gasteiger partial charge in [0, 0.05) is 32.6 Å². The first-order chi connectivity index (χ1) is 9.01. The van der Waals surface area contributed by atoms with Crippen molar-refractivity contribution in [2.24, 2.45) is 17.8 Å². The smallest absolute Gasteiger partial charge is 0.319 e. The summed E-state index contributed by atoms with van der Waals surface area (Å²) in [5.41, 5.74) is -0.509. The van der Waals surface area contributed by atoms with Crippen LogP contribution < -0.4 is 0 Å². The molecule has 0 saturated heterocycles. The Bertz CT molecular complexity index is 355. The first-order valence-electron chi connectivity index (χ1n) is 7.33. The van der Waals surface area contributed by atoms with Crippen molar-refractivity contribution in [2.75, 3.05) is 21.1 Å². The molecule has 0 aromatic carbocycles. The van der Waals surface area contributed by atoms with Crippen molar-refractivity contribution in [1.29, 1.82) is 0 Å². The van der Waals surface area contributed by atoms with Gasteiger partial charge >= 0.3 is 6.03 Å². The highest BCUT2D eigenvalue weighted by Crippen LogP contribution is 2.43. The highest BCUT2D eigenvalue weighted by molar-refractivity contribution is 5.74. The van der Waals surface area contributed by atoms with Crippen LogP contribution in [-0.4, -0.2) is 64.9 Å². The molecule has 0 aliphatic heterocycles. The van der Waals surface area contributed by atoms with Crippen molar-refractivity contribution in [1.82, 2.24) is 9.80 Å². The first-order valence-corrected chi connectivity index (χ1v) is 7.33. The predicted molar refractivity (Wildman–Crippen MR) is 79.4 cm³/mol. The third-order valence-electron chi connectivity index (χ3n) is 5.02. The molecule has 0 aromatic rings. The van der Waals surface area contributed by atoms with Crippen LogP contribution in [0.15, 0.2) is 0 Å². The van der Waals surface area contributed by atoms with Crippen molar-refractivity contribution in [3.05, 3.63) is 0 Å². The van der Waals surface area contributed by atoms with Crippen LogP contribution in [0.2, 0.25) is 0 Å². The lowest BCUT2D eigenvalue weighted by molar-refractivity contribution is -0.0310. The van der Waals surface area contributed by atoms with Crippen LogP contribution in [0.3, 0.4) is 0 Å². The Hall–Kier alpha value is -0.810. The molecule has 1 saturated carbocycles. The Labute approximate surface area is 122 Å². The zero-order chi connectivity index (χ0) is 15.8. The summed E-state index contributed by atoms with van der Waals surface area (Å²) in [5.74, 6) is 0.270. The molecule has 118 valence electrons. The number of carbonyl (C=O) groups is 1. The number of amides is 2. The van der Waals surface area contributed by atoms with Crippen LogP contribution in [-0.2, 0) is 0 Å². The van der Waals surface area contributed by atoms with Gasteiger partial charge in [-0.2, -0.15) is 0 Å². The molecule has 20 heavy (non-hydrogen) atoms. The van der Waals surface area contributed by atoms with Gasteiger partial charge in [0.15, 0.2) is 0 Å². The van der Waals surface area contributed by atoms with E-state index in [1.54, 1.807) is 26.0 Å². The van der Waals surface area contributed by atoms with Gasteiger partial charge in [0.05, 0.1) is 12.2 Å². The lowest BCUT2D eigenvalue weighted by Gasteiger charge is -2.43. The predicted octanol–water partition coefficient (Wildman–Crippen LogP) is 1.39. The van der Waals surface area contributed by atoms with Gasteiger partial charge in [-0.05, 0) is 32.1 Å². The fourth-order valence-electron chi connectivity index (χ4n) is 3.23. The van der Waals surface area contributed by atoms with Crippen LogP contribution in [0, 0.1) is 17.8 Å². The van der Waals surface area contributed by atoms with Crippen LogP contribution >= 0.6 is 0 Å². The van der Waals surface area contributed by atoms with E-state index in [0.717, 1.165) is 6.42 Å². The zero-order valence-corrected chi connectivity index (χ0v) is 13.8. The summed E-state index contributed by atoms with van der Waals surface area (Å²) in [4.78, 5) is 15.3. The average molecular weight is 286 g/mol. The van der Waals surface area contributed by atoms with Gasteiger partial charge < -0.3 is 20.0 Å². The van der Waals surface area contributed by atoms with Crippen LogP contribution in [0.25, 0.3) is 0 Å². The fraction of sp³-hybridized carbons (Fsp3) is 0.933. The molecule has 4 atom stereocenters. The molecule has 1 fully saturated rings. The summed E-state index contributed by atoms with van der Waals surface area (Å²) in [6, 6.07) is -0.0929. The van der Waals surface area contributed by atoms with Crippen molar-refractivity contribution in [2.45, 2.75) is 51.9 Å². The summed E-state index contributed by atoms with van der Waals surface area (Å²) in [7, 11) is 5.18. The Morgan fingerprint density at radius 3 is 2.00 bits per heavy atom. The number of rotatable bonds is 3. The molecule has 2 N–H and O–H groups in total. The first kappa shape index (κ1) is 17.2. The van der Waals surface area contributed by atoms with E-state index in [4.69, 9.17) is 0 Å². The van der Waals surface area contributed by atoms with E-state index in [-0.39, 0.29) is 17.9 Å². The van der Waals surface area contributed by atoms with Gasteiger partial charge in [-0.15, -0.1) is 0 Å². The van der Waals surface area contributed by atoms with Crippen molar-refractivity contribution in [3.63, 3.8) is 0 Å². The van der Waals surface area contributed by atoms with Crippen LogP contribution in [0.1, 0.15) is 34.1 Å². The van der Waals surface area contributed by atoms with E-state index in [1.165, 1.54) is 4.90 Å². The number of carbonyl (C=O) groups excluding carboxylic acids is 1. The summed E-state index contributed by atoms with van der Waals surface area (Å²) in [6.45, 7) is 8.03. The lowest BCUT2D eigenvalue weighted by atomic mass is 9.82. The normalized spacial score (nSPS) is 30.7. The highest BCUT2D eigenvalue weighted by atomic mass is 16.3. The maximum atomic E-state index is 12.2. The Morgan fingerprint density at radius 2 is 1.65 bits per heavy atom. The second-order valence-corrected chi connectivity index (χ2v) is 7.12. The number of nitrogens with zero attached hydrogens (tertiary/aromatic N) is 2. The van der Waals surface area contributed by atoms with E-state index in [2.05, 4.69) is 13.8 Å². The average Bonchev–Trinajstić information content (AvgIpc) is 2.64. The highest BCUT2D eigenvalue weighted by Gasteiger charge is 2.51. The summed E-state index contributed by atoms with van der Waals surface area (Å²) >= 11 is 0. The molecule has 1 rings (SSSR count). The summed E-state index contributed by atoms with van der Waals surface area (Å²) < 4.78 is 0. The lowest BCUT2D eigenvalue weighted by Crippen LogP contribution is -2.55. The number of hydrogen-bond acceptors (Lipinski definition) is 3. The van der Waals surface area contributed by atoms with Gasteiger partial charge in [0.2, 0.25) is 0 Å². The van der Waals surface area contributed by atoms with Crippen LogP contribution in [0.5, 0.6) is 0 Å². The number of aliphatic hydroxyl groups excluding tert-OH is 2. The van der Waals surface area contributed by atoms with Crippen molar-refractivity contribution in [3.8, 4) is 0 Å². The van der Waals surface area contributed by atoms with E-state index >= 15 is 0 Å². The fourth-order valence-corrected chi connectivity index (χ4v) is 3.23. The van der Waals surface area contributed by atoms with E-state index in [9.17, 15) is 15.0 Å². The number of hydrogen-bond donors (Lipinski definition) is 2. The second-order valence-electron chi connectivity index (χ2n) is 7.12.